The Morgan fingerprint density at radius 2 is 1.90 bits per heavy atom. The first-order valence-corrected chi connectivity index (χ1v) is 9.83. The molecule has 0 amide bonds. The highest BCUT2D eigenvalue weighted by Gasteiger charge is 2.35. The van der Waals surface area contributed by atoms with Gasteiger partial charge in [-0.1, -0.05) is 19.8 Å². The summed E-state index contributed by atoms with van der Waals surface area (Å²) in [6.45, 7) is 3.26. The molecule has 0 bridgehead atoms. The van der Waals surface area contributed by atoms with Crippen LogP contribution >= 0.6 is 0 Å². The van der Waals surface area contributed by atoms with E-state index in [0.29, 0.717) is 18.4 Å². The lowest BCUT2D eigenvalue weighted by molar-refractivity contribution is -0.127. The number of likely N-dealkylation sites (tertiary alicyclic amines) is 1. The normalized spacial score (nSPS) is 29.6. The molecule has 1 aliphatic heterocycles. The molecule has 0 aromatic rings. The highest BCUT2D eigenvalue weighted by Crippen LogP contribution is 2.31. The number of carbonyl (C=O) groups excluding carboxylic acids is 1. The first-order chi connectivity index (χ1) is 9.53. The van der Waals surface area contributed by atoms with Crippen molar-refractivity contribution in [2.75, 3.05) is 24.6 Å². The van der Waals surface area contributed by atoms with Crippen molar-refractivity contribution in [1.29, 1.82) is 0 Å². The zero-order valence-corrected chi connectivity index (χ0v) is 13.3. The SMILES string of the molecule is CCS(=O)(=O)CCN1CCCCC1C1CCCCC1=O. The van der Waals surface area contributed by atoms with Gasteiger partial charge in [0.15, 0.2) is 9.84 Å². The van der Waals surface area contributed by atoms with Gasteiger partial charge in [-0.2, -0.15) is 0 Å². The van der Waals surface area contributed by atoms with Gasteiger partial charge >= 0.3 is 0 Å². The number of sulfone groups is 1. The van der Waals surface area contributed by atoms with Gasteiger partial charge in [0.25, 0.3) is 0 Å². The minimum Gasteiger partial charge on any atom is -0.299 e. The summed E-state index contributed by atoms with van der Waals surface area (Å²) < 4.78 is 23.4. The molecule has 0 radical (unpaired) electrons. The Hall–Kier alpha value is -0.420. The van der Waals surface area contributed by atoms with E-state index in [-0.39, 0.29) is 17.4 Å². The molecule has 5 heteroatoms. The number of hydrogen-bond donors (Lipinski definition) is 0. The molecule has 116 valence electrons. The van der Waals surface area contributed by atoms with Gasteiger partial charge < -0.3 is 0 Å². The second-order valence-corrected chi connectivity index (χ2v) is 8.63. The van der Waals surface area contributed by atoms with Crippen molar-refractivity contribution in [1.82, 2.24) is 4.90 Å². The van der Waals surface area contributed by atoms with Crippen LogP contribution < -0.4 is 0 Å². The Morgan fingerprint density at radius 3 is 2.60 bits per heavy atom. The Labute approximate surface area is 122 Å². The molecule has 0 aromatic carbocycles. The van der Waals surface area contributed by atoms with E-state index < -0.39 is 9.84 Å². The van der Waals surface area contributed by atoms with Gasteiger partial charge in [0.2, 0.25) is 0 Å². The molecule has 1 heterocycles. The maximum Gasteiger partial charge on any atom is 0.151 e. The number of piperidine rings is 1. The van der Waals surface area contributed by atoms with Crippen LogP contribution in [0.5, 0.6) is 0 Å². The zero-order valence-electron chi connectivity index (χ0n) is 12.5. The minimum absolute atomic E-state index is 0.161. The summed E-state index contributed by atoms with van der Waals surface area (Å²) in [5.41, 5.74) is 0. The van der Waals surface area contributed by atoms with Gasteiger partial charge in [0.1, 0.15) is 5.78 Å². The Morgan fingerprint density at radius 1 is 1.15 bits per heavy atom. The number of ketones is 1. The maximum absolute atomic E-state index is 12.2. The standard InChI is InChI=1S/C15H27NO3S/c1-2-20(18,19)12-11-16-10-6-5-8-14(16)13-7-3-4-9-15(13)17/h13-14H,2-12H2,1H3. The minimum atomic E-state index is -2.91. The molecule has 1 aliphatic carbocycles. The van der Waals surface area contributed by atoms with Crippen LogP contribution in [0.3, 0.4) is 0 Å². The molecule has 20 heavy (non-hydrogen) atoms. The highest BCUT2D eigenvalue weighted by molar-refractivity contribution is 7.91. The third-order valence-electron chi connectivity index (χ3n) is 4.86. The van der Waals surface area contributed by atoms with Crippen molar-refractivity contribution in [2.45, 2.75) is 57.9 Å². The average Bonchev–Trinajstić information content (AvgIpc) is 2.46. The van der Waals surface area contributed by atoms with Crippen molar-refractivity contribution in [3.05, 3.63) is 0 Å². The first kappa shape index (κ1) is 16.0. The number of rotatable bonds is 5. The average molecular weight is 301 g/mol. The molecule has 1 saturated heterocycles. The summed E-state index contributed by atoms with van der Waals surface area (Å²) in [4.78, 5) is 14.4. The molecule has 0 spiro atoms. The van der Waals surface area contributed by atoms with Crippen LogP contribution in [-0.2, 0) is 14.6 Å². The van der Waals surface area contributed by atoms with Gasteiger partial charge in [-0.05, 0) is 32.2 Å². The molecule has 1 saturated carbocycles. The van der Waals surface area contributed by atoms with Crippen LogP contribution in [0.15, 0.2) is 0 Å². The van der Waals surface area contributed by atoms with E-state index in [1.807, 2.05) is 0 Å². The lowest BCUT2D eigenvalue weighted by Crippen LogP contribution is -2.48. The van der Waals surface area contributed by atoms with Crippen molar-refractivity contribution in [3.8, 4) is 0 Å². The van der Waals surface area contributed by atoms with Gasteiger partial charge in [-0.15, -0.1) is 0 Å². The molecule has 2 atom stereocenters. The van der Waals surface area contributed by atoms with Gasteiger partial charge in [-0.3, -0.25) is 9.69 Å². The second-order valence-electron chi connectivity index (χ2n) is 6.15. The molecular weight excluding hydrogens is 274 g/mol. The summed E-state index contributed by atoms with van der Waals surface area (Å²) in [6, 6.07) is 0.295. The fraction of sp³-hybridized carbons (Fsp3) is 0.933. The predicted molar refractivity (Wildman–Crippen MR) is 80.5 cm³/mol. The van der Waals surface area contributed by atoms with Crippen molar-refractivity contribution >= 4 is 15.6 Å². The fourth-order valence-electron chi connectivity index (χ4n) is 3.57. The van der Waals surface area contributed by atoms with Crippen molar-refractivity contribution in [2.24, 2.45) is 5.92 Å². The molecular formula is C15H27NO3S. The van der Waals surface area contributed by atoms with E-state index in [4.69, 9.17) is 0 Å². The van der Waals surface area contributed by atoms with E-state index in [1.165, 1.54) is 6.42 Å². The van der Waals surface area contributed by atoms with E-state index in [9.17, 15) is 13.2 Å². The Kier molecular flexibility index (Phi) is 5.61. The quantitative estimate of drug-likeness (QED) is 0.780. The van der Waals surface area contributed by atoms with Crippen LogP contribution in [-0.4, -0.2) is 49.7 Å². The monoisotopic (exact) mass is 301 g/mol. The van der Waals surface area contributed by atoms with Crippen LogP contribution in [0, 0.1) is 5.92 Å². The molecule has 2 aliphatic rings. The number of carbonyl (C=O) groups is 1. The van der Waals surface area contributed by atoms with Gasteiger partial charge in [-0.25, -0.2) is 8.42 Å². The second kappa shape index (κ2) is 7.03. The van der Waals surface area contributed by atoms with Gasteiger partial charge in [0.05, 0.1) is 5.75 Å². The van der Waals surface area contributed by atoms with Crippen LogP contribution in [0.1, 0.15) is 51.9 Å². The van der Waals surface area contributed by atoms with Crippen molar-refractivity contribution in [3.63, 3.8) is 0 Å². The van der Waals surface area contributed by atoms with Crippen molar-refractivity contribution < 1.29 is 13.2 Å². The Bertz CT molecular complexity index is 432. The topological polar surface area (TPSA) is 54.5 Å². The maximum atomic E-state index is 12.2. The summed E-state index contributed by atoms with van der Waals surface area (Å²) in [7, 11) is -2.91. The first-order valence-electron chi connectivity index (χ1n) is 8.00. The predicted octanol–water partition coefficient (Wildman–Crippen LogP) is 2.03. The largest absolute Gasteiger partial charge is 0.299 e. The lowest BCUT2D eigenvalue weighted by atomic mass is 9.79. The molecule has 4 nitrogen and oxygen atoms in total. The zero-order chi connectivity index (χ0) is 14.6. The van der Waals surface area contributed by atoms with Crippen LogP contribution in [0.2, 0.25) is 0 Å². The molecule has 0 aromatic heterocycles. The Balaban J connectivity index is 1.99. The van der Waals surface area contributed by atoms with Crippen LogP contribution in [0.25, 0.3) is 0 Å². The fourth-order valence-corrected chi connectivity index (χ4v) is 4.37. The summed E-state index contributed by atoms with van der Waals surface area (Å²) in [6.07, 6.45) is 7.26. The number of hydrogen-bond acceptors (Lipinski definition) is 4. The summed E-state index contributed by atoms with van der Waals surface area (Å²) >= 11 is 0. The van der Waals surface area contributed by atoms with Gasteiger partial charge in [0, 0.05) is 30.7 Å². The summed E-state index contributed by atoms with van der Waals surface area (Å²) in [5, 5.41) is 0. The van der Waals surface area contributed by atoms with E-state index >= 15 is 0 Å². The number of nitrogens with zero attached hydrogens (tertiary/aromatic N) is 1. The summed E-state index contributed by atoms with van der Waals surface area (Å²) in [5.74, 6) is 1.02. The van der Waals surface area contributed by atoms with E-state index in [1.54, 1.807) is 6.92 Å². The highest BCUT2D eigenvalue weighted by atomic mass is 32.2. The molecule has 2 unspecified atom stereocenters. The van der Waals surface area contributed by atoms with E-state index in [2.05, 4.69) is 4.90 Å². The molecule has 2 rings (SSSR count). The molecule has 2 fully saturated rings. The van der Waals surface area contributed by atoms with Crippen LogP contribution in [0.4, 0.5) is 0 Å². The third-order valence-corrected chi connectivity index (χ3v) is 6.54. The smallest absolute Gasteiger partial charge is 0.151 e. The van der Waals surface area contributed by atoms with E-state index in [0.717, 1.165) is 45.1 Å². The lowest BCUT2D eigenvalue weighted by Gasteiger charge is -2.41. The number of Topliss-reactive ketones (excluding diaryl/α,β-unsaturated/α-hetero) is 1. The molecule has 0 N–H and O–H groups in total. The third kappa shape index (κ3) is 4.04.